The fourth-order valence-electron chi connectivity index (χ4n) is 1.16. The molecule has 0 aromatic rings. The molecule has 0 bridgehead atoms. The minimum absolute atomic E-state index is 0.0402. The van der Waals surface area contributed by atoms with Gasteiger partial charge < -0.3 is 15.8 Å². The molecule has 0 spiro atoms. The van der Waals surface area contributed by atoms with E-state index in [2.05, 4.69) is 5.32 Å². The van der Waals surface area contributed by atoms with E-state index in [-0.39, 0.29) is 17.9 Å². The molecule has 76 valence electrons. The van der Waals surface area contributed by atoms with Crippen LogP contribution in [0.15, 0.2) is 0 Å². The van der Waals surface area contributed by atoms with Crippen molar-refractivity contribution < 1.29 is 9.53 Å². The summed E-state index contributed by atoms with van der Waals surface area (Å²) in [5.41, 5.74) is 5.78. The first-order valence-corrected chi connectivity index (χ1v) is 4.77. The zero-order valence-corrected chi connectivity index (χ0v) is 8.14. The van der Waals surface area contributed by atoms with Crippen molar-refractivity contribution in [1.82, 2.24) is 5.32 Å². The van der Waals surface area contributed by atoms with Crippen molar-refractivity contribution in [3.63, 3.8) is 0 Å². The van der Waals surface area contributed by atoms with Crippen LogP contribution >= 0.6 is 0 Å². The van der Waals surface area contributed by atoms with Gasteiger partial charge in [-0.1, -0.05) is 0 Å². The van der Waals surface area contributed by atoms with Crippen LogP contribution in [0.3, 0.4) is 0 Å². The monoisotopic (exact) mass is 186 g/mol. The van der Waals surface area contributed by atoms with Gasteiger partial charge in [-0.15, -0.1) is 0 Å². The Morgan fingerprint density at radius 2 is 2.31 bits per heavy atom. The Kier molecular flexibility index (Phi) is 3.69. The summed E-state index contributed by atoms with van der Waals surface area (Å²) in [7, 11) is 0. The number of carbonyl (C=O) groups excluding carboxylic acids is 1. The van der Waals surface area contributed by atoms with Crippen molar-refractivity contribution >= 4 is 5.91 Å². The number of ether oxygens (including phenoxy) is 1. The number of carbonyl (C=O) groups is 1. The van der Waals surface area contributed by atoms with E-state index >= 15 is 0 Å². The summed E-state index contributed by atoms with van der Waals surface area (Å²) >= 11 is 0. The lowest BCUT2D eigenvalue weighted by molar-refractivity contribution is -0.125. The molecule has 0 aromatic heterocycles. The van der Waals surface area contributed by atoms with Gasteiger partial charge in [0.25, 0.3) is 0 Å². The Balaban J connectivity index is 2.08. The maximum absolute atomic E-state index is 11.1. The summed E-state index contributed by atoms with van der Waals surface area (Å²) in [4.78, 5) is 11.1. The lowest BCUT2D eigenvalue weighted by Crippen LogP contribution is -2.35. The van der Waals surface area contributed by atoms with Crippen LogP contribution < -0.4 is 11.1 Å². The molecule has 1 amide bonds. The Morgan fingerprint density at radius 1 is 1.62 bits per heavy atom. The summed E-state index contributed by atoms with van der Waals surface area (Å²) in [6, 6.07) is 0. The van der Waals surface area contributed by atoms with Crippen LogP contribution in [0.5, 0.6) is 0 Å². The first kappa shape index (κ1) is 10.5. The smallest absolute Gasteiger partial charge is 0.246 e. The zero-order valence-electron chi connectivity index (χ0n) is 8.14. The van der Waals surface area contributed by atoms with E-state index in [4.69, 9.17) is 10.5 Å². The van der Waals surface area contributed by atoms with Crippen LogP contribution in [0.4, 0.5) is 0 Å². The Bertz CT molecular complexity index is 178. The van der Waals surface area contributed by atoms with Crippen molar-refractivity contribution in [2.45, 2.75) is 19.8 Å². The van der Waals surface area contributed by atoms with E-state index < -0.39 is 0 Å². The van der Waals surface area contributed by atoms with E-state index in [9.17, 15) is 4.79 Å². The van der Waals surface area contributed by atoms with Crippen molar-refractivity contribution in [2.24, 2.45) is 11.1 Å². The molecule has 1 fully saturated rings. The molecule has 0 saturated heterocycles. The molecule has 1 rings (SSSR count). The fourth-order valence-corrected chi connectivity index (χ4v) is 1.16. The number of hydrogen-bond donors (Lipinski definition) is 2. The molecule has 0 heterocycles. The number of rotatable bonds is 6. The molecule has 0 unspecified atom stereocenters. The molecule has 3 N–H and O–H groups in total. The van der Waals surface area contributed by atoms with Gasteiger partial charge in [-0.25, -0.2) is 0 Å². The molecular weight excluding hydrogens is 168 g/mol. The third kappa shape index (κ3) is 3.32. The average molecular weight is 186 g/mol. The van der Waals surface area contributed by atoms with Crippen molar-refractivity contribution in [2.75, 3.05) is 26.3 Å². The van der Waals surface area contributed by atoms with E-state index in [0.29, 0.717) is 19.7 Å². The summed E-state index contributed by atoms with van der Waals surface area (Å²) in [5, 5.41) is 2.83. The highest BCUT2D eigenvalue weighted by Crippen LogP contribution is 2.43. The lowest BCUT2D eigenvalue weighted by Gasteiger charge is -2.12. The Hall–Kier alpha value is -0.610. The van der Waals surface area contributed by atoms with Crippen LogP contribution in [0.2, 0.25) is 0 Å². The molecule has 0 atom stereocenters. The maximum Gasteiger partial charge on any atom is 0.246 e. The molecular formula is C9H18N2O2. The zero-order chi connectivity index (χ0) is 9.73. The molecule has 0 radical (unpaired) electrons. The van der Waals surface area contributed by atoms with E-state index in [1.165, 1.54) is 0 Å². The topological polar surface area (TPSA) is 64.3 Å². The van der Waals surface area contributed by atoms with Crippen LogP contribution in [-0.4, -0.2) is 32.2 Å². The highest BCUT2D eigenvalue weighted by molar-refractivity contribution is 5.77. The molecule has 0 aromatic carbocycles. The maximum atomic E-state index is 11.1. The van der Waals surface area contributed by atoms with E-state index in [1.807, 2.05) is 6.92 Å². The van der Waals surface area contributed by atoms with Gasteiger partial charge >= 0.3 is 0 Å². The largest absolute Gasteiger partial charge is 0.372 e. The number of hydrogen-bond acceptors (Lipinski definition) is 3. The Labute approximate surface area is 78.8 Å². The highest BCUT2D eigenvalue weighted by Gasteiger charge is 2.41. The van der Waals surface area contributed by atoms with Gasteiger partial charge in [0.1, 0.15) is 6.61 Å². The number of nitrogens with two attached hydrogens (primary N) is 1. The van der Waals surface area contributed by atoms with Crippen LogP contribution in [0, 0.1) is 5.41 Å². The molecule has 0 aliphatic heterocycles. The normalized spacial score (nSPS) is 18.3. The standard InChI is InChI=1S/C9H18N2O2/c1-2-13-5-8(12)11-7-9(6-10)3-4-9/h2-7,10H2,1H3,(H,11,12). The summed E-state index contributed by atoms with van der Waals surface area (Å²) in [6.45, 7) is 3.99. The second-order valence-electron chi connectivity index (χ2n) is 3.62. The van der Waals surface area contributed by atoms with E-state index in [0.717, 1.165) is 12.8 Å². The second kappa shape index (κ2) is 4.58. The molecule has 13 heavy (non-hydrogen) atoms. The van der Waals surface area contributed by atoms with E-state index in [1.54, 1.807) is 0 Å². The third-order valence-electron chi connectivity index (χ3n) is 2.49. The fraction of sp³-hybridized carbons (Fsp3) is 0.889. The van der Waals surface area contributed by atoms with Gasteiger partial charge in [-0.05, 0) is 31.7 Å². The first-order valence-electron chi connectivity index (χ1n) is 4.77. The average Bonchev–Trinajstić information content (AvgIpc) is 2.92. The summed E-state index contributed by atoms with van der Waals surface area (Å²) in [5.74, 6) is -0.0402. The van der Waals surface area contributed by atoms with Gasteiger partial charge in [0.2, 0.25) is 5.91 Å². The molecule has 4 heteroatoms. The first-order chi connectivity index (χ1) is 6.22. The molecule has 1 aliphatic carbocycles. The van der Waals surface area contributed by atoms with Crippen molar-refractivity contribution in [3.8, 4) is 0 Å². The predicted molar refractivity (Wildman–Crippen MR) is 50.2 cm³/mol. The van der Waals surface area contributed by atoms with Crippen LogP contribution in [-0.2, 0) is 9.53 Å². The van der Waals surface area contributed by atoms with Gasteiger partial charge in [0.05, 0.1) is 0 Å². The molecule has 1 aliphatic rings. The van der Waals surface area contributed by atoms with Gasteiger partial charge in [-0.3, -0.25) is 4.79 Å². The minimum atomic E-state index is -0.0402. The van der Waals surface area contributed by atoms with Crippen LogP contribution in [0.1, 0.15) is 19.8 Å². The minimum Gasteiger partial charge on any atom is -0.372 e. The predicted octanol–water partition coefficient (Wildman–Crippen LogP) is -0.122. The number of nitrogens with one attached hydrogen (secondary N) is 1. The summed E-state index contributed by atoms with van der Waals surface area (Å²) in [6.07, 6.45) is 2.27. The lowest BCUT2D eigenvalue weighted by atomic mass is 10.1. The second-order valence-corrected chi connectivity index (χ2v) is 3.62. The molecule has 4 nitrogen and oxygen atoms in total. The van der Waals surface area contributed by atoms with Crippen molar-refractivity contribution in [3.05, 3.63) is 0 Å². The van der Waals surface area contributed by atoms with Gasteiger partial charge in [0, 0.05) is 13.2 Å². The highest BCUT2D eigenvalue weighted by atomic mass is 16.5. The number of amides is 1. The Morgan fingerprint density at radius 3 is 2.77 bits per heavy atom. The van der Waals surface area contributed by atoms with Gasteiger partial charge in [-0.2, -0.15) is 0 Å². The SMILES string of the molecule is CCOCC(=O)NCC1(CN)CC1. The summed E-state index contributed by atoms with van der Waals surface area (Å²) < 4.78 is 4.97. The molecule has 1 saturated carbocycles. The van der Waals surface area contributed by atoms with Gasteiger partial charge in [0.15, 0.2) is 0 Å². The third-order valence-corrected chi connectivity index (χ3v) is 2.49. The van der Waals surface area contributed by atoms with Crippen molar-refractivity contribution in [1.29, 1.82) is 0 Å². The van der Waals surface area contributed by atoms with Crippen LogP contribution in [0.25, 0.3) is 0 Å². The quantitative estimate of drug-likeness (QED) is 0.607.